The normalized spacial score (nSPS) is 10.3. The second-order valence-electron chi connectivity index (χ2n) is 4.20. The highest BCUT2D eigenvalue weighted by molar-refractivity contribution is 6.30. The molecule has 0 spiro atoms. The first-order valence-electron chi connectivity index (χ1n) is 6.64. The van der Waals surface area contributed by atoms with Gasteiger partial charge in [0.05, 0.1) is 12.2 Å². The van der Waals surface area contributed by atoms with Crippen LogP contribution in [-0.2, 0) is 6.42 Å². The number of rotatable bonds is 6. The van der Waals surface area contributed by atoms with Crippen molar-refractivity contribution in [3.05, 3.63) is 41.3 Å². The Balaban J connectivity index is 2.19. The van der Waals surface area contributed by atoms with Crippen molar-refractivity contribution in [3.63, 3.8) is 0 Å². The van der Waals surface area contributed by atoms with Crippen LogP contribution in [0.3, 0.4) is 0 Å². The largest absolute Gasteiger partial charge is 0.494 e. The van der Waals surface area contributed by atoms with E-state index in [1.165, 1.54) is 6.33 Å². The zero-order chi connectivity index (χ0) is 14.4. The van der Waals surface area contributed by atoms with E-state index in [0.29, 0.717) is 23.4 Å². The van der Waals surface area contributed by atoms with Crippen LogP contribution in [0.1, 0.15) is 25.8 Å². The Hall–Kier alpha value is -1.81. The van der Waals surface area contributed by atoms with Crippen LogP contribution in [0.2, 0.25) is 5.15 Å². The van der Waals surface area contributed by atoms with Crippen LogP contribution in [0.5, 0.6) is 17.4 Å². The Morgan fingerprint density at radius 2 is 1.75 bits per heavy atom. The molecule has 0 aliphatic heterocycles. The second kappa shape index (κ2) is 7.10. The lowest BCUT2D eigenvalue weighted by Gasteiger charge is -2.10. The molecule has 4 nitrogen and oxygen atoms in total. The van der Waals surface area contributed by atoms with E-state index >= 15 is 0 Å². The highest BCUT2D eigenvalue weighted by Gasteiger charge is 2.11. The van der Waals surface area contributed by atoms with E-state index in [2.05, 4.69) is 16.9 Å². The van der Waals surface area contributed by atoms with Crippen LogP contribution in [0, 0.1) is 0 Å². The molecule has 0 saturated heterocycles. The van der Waals surface area contributed by atoms with E-state index < -0.39 is 0 Å². The van der Waals surface area contributed by atoms with Gasteiger partial charge in [-0.15, -0.1) is 0 Å². The van der Waals surface area contributed by atoms with Gasteiger partial charge >= 0.3 is 0 Å². The summed E-state index contributed by atoms with van der Waals surface area (Å²) in [6, 6.07) is 7.41. The zero-order valence-corrected chi connectivity index (χ0v) is 12.4. The summed E-state index contributed by atoms with van der Waals surface area (Å²) in [5, 5.41) is 0.447. The standard InChI is InChI=1S/C15H17ClN2O2/c1-3-5-13-14(16)17-10-18-15(13)20-12-8-6-11(7-9-12)19-4-2/h6-10H,3-5H2,1-2H3. The summed E-state index contributed by atoms with van der Waals surface area (Å²) in [4.78, 5) is 8.16. The van der Waals surface area contributed by atoms with Gasteiger partial charge in [-0.3, -0.25) is 0 Å². The fraction of sp³-hybridized carbons (Fsp3) is 0.333. The van der Waals surface area contributed by atoms with Crippen molar-refractivity contribution >= 4 is 11.6 Å². The van der Waals surface area contributed by atoms with Gasteiger partial charge < -0.3 is 9.47 Å². The Bertz CT molecular complexity index is 558. The third kappa shape index (κ3) is 3.61. The quantitative estimate of drug-likeness (QED) is 0.746. The molecule has 0 saturated carbocycles. The Kier molecular flexibility index (Phi) is 5.18. The molecule has 1 aromatic carbocycles. The molecule has 0 fully saturated rings. The van der Waals surface area contributed by atoms with E-state index in [9.17, 15) is 0 Å². The Morgan fingerprint density at radius 1 is 1.05 bits per heavy atom. The van der Waals surface area contributed by atoms with Gasteiger partial charge in [0.25, 0.3) is 0 Å². The molecule has 2 rings (SSSR count). The topological polar surface area (TPSA) is 44.2 Å². The van der Waals surface area contributed by atoms with Gasteiger partial charge in [0, 0.05) is 0 Å². The van der Waals surface area contributed by atoms with Crippen molar-refractivity contribution in [2.45, 2.75) is 26.7 Å². The summed E-state index contributed by atoms with van der Waals surface area (Å²) >= 11 is 6.09. The van der Waals surface area contributed by atoms with Crippen molar-refractivity contribution in [2.75, 3.05) is 6.61 Å². The van der Waals surface area contributed by atoms with Gasteiger partial charge in [-0.2, -0.15) is 0 Å². The van der Waals surface area contributed by atoms with Crippen LogP contribution in [0.25, 0.3) is 0 Å². The monoisotopic (exact) mass is 292 g/mol. The van der Waals surface area contributed by atoms with Crippen molar-refractivity contribution in [2.24, 2.45) is 0 Å². The predicted octanol–water partition coefficient (Wildman–Crippen LogP) is 4.27. The summed E-state index contributed by atoms with van der Waals surface area (Å²) in [6.07, 6.45) is 3.14. The van der Waals surface area contributed by atoms with Gasteiger partial charge in [-0.25, -0.2) is 9.97 Å². The summed E-state index contributed by atoms with van der Waals surface area (Å²) in [5.41, 5.74) is 0.838. The molecule has 0 radical (unpaired) electrons. The fourth-order valence-electron chi connectivity index (χ4n) is 1.81. The molecule has 20 heavy (non-hydrogen) atoms. The van der Waals surface area contributed by atoms with Gasteiger partial charge in [0.1, 0.15) is 23.0 Å². The highest BCUT2D eigenvalue weighted by atomic mass is 35.5. The maximum Gasteiger partial charge on any atom is 0.226 e. The van der Waals surface area contributed by atoms with E-state index in [0.717, 1.165) is 24.2 Å². The van der Waals surface area contributed by atoms with Crippen LogP contribution < -0.4 is 9.47 Å². The maximum absolute atomic E-state index is 6.09. The van der Waals surface area contributed by atoms with E-state index in [1.54, 1.807) is 0 Å². The van der Waals surface area contributed by atoms with E-state index in [4.69, 9.17) is 21.1 Å². The number of aromatic nitrogens is 2. The minimum absolute atomic E-state index is 0.447. The number of hydrogen-bond donors (Lipinski definition) is 0. The summed E-state index contributed by atoms with van der Waals surface area (Å²) in [5.74, 6) is 2.02. The lowest BCUT2D eigenvalue weighted by molar-refractivity contribution is 0.339. The Labute approximate surface area is 123 Å². The van der Waals surface area contributed by atoms with Crippen LogP contribution in [0.4, 0.5) is 0 Å². The predicted molar refractivity (Wildman–Crippen MR) is 78.7 cm³/mol. The smallest absolute Gasteiger partial charge is 0.226 e. The first-order chi connectivity index (χ1) is 9.74. The van der Waals surface area contributed by atoms with Crippen molar-refractivity contribution in [1.29, 1.82) is 0 Å². The minimum atomic E-state index is 0.447. The number of ether oxygens (including phenoxy) is 2. The van der Waals surface area contributed by atoms with E-state index in [-0.39, 0.29) is 0 Å². The maximum atomic E-state index is 6.09. The number of nitrogens with zero attached hydrogens (tertiary/aromatic N) is 2. The molecule has 0 aliphatic rings. The highest BCUT2D eigenvalue weighted by Crippen LogP contribution is 2.28. The van der Waals surface area contributed by atoms with Gasteiger partial charge in [-0.05, 0) is 37.6 Å². The number of hydrogen-bond acceptors (Lipinski definition) is 4. The summed E-state index contributed by atoms with van der Waals surface area (Å²) in [6.45, 7) is 4.66. The van der Waals surface area contributed by atoms with Crippen molar-refractivity contribution < 1.29 is 9.47 Å². The van der Waals surface area contributed by atoms with Crippen LogP contribution in [0.15, 0.2) is 30.6 Å². The molecule has 0 atom stereocenters. The molecule has 0 amide bonds. The van der Waals surface area contributed by atoms with Crippen molar-refractivity contribution in [1.82, 2.24) is 9.97 Å². The molecule has 106 valence electrons. The second-order valence-corrected chi connectivity index (χ2v) is 4.56. The molecular weight excluding hydrogens is 276 g/mol. The van der Waals surface area contributed by atoms with Gasteiger partial charge in [0.15, 0.2) is 0 Å². The lowest BCUT2D eigenvalue weighted by Crippen LogP contribution is -1.98. The molecule has 0 bridgehead atoms. The van der Waals surface area contributed by atoms with E-state index in [1.807, 2.05) is 31.2 Å². The molecule has 0 aliphatic carbocycles. The van der Waals surface area contributed by atoms with Gasteiger partial charge in [-0.1, -0.05) is 24.9 Å². The van der Waals surface area contributed by atoms with Crippen molar-refractivity contribution in [3.8, 4) is 17.4 Å². The zero-order valence-electron chi connectivity index (χ0n) is 11.6. The van der Waals surface area contributed by atoms with Crippen LogP contribution >= 0.6 is 11.6 Å². The van der Waals surface area contributed by atoms with Gasteiger partial charge in [0.2, 0.25) is 5.88 Å². The molecule has 1 aromatic heterocycles. The molecular formula is C15H17ClN2O2. The first kappa shape index (κ1) is 14.6. The lowest BCUT2D eigenvalue weighted by atomic mass is 10.2. The third-order valence-corrected chi connectivity index (χ3v) is 3.03. The number of halogens is 1. The molecule has 5 heteroatoms. The molecule has 0 unspecified atom stereocenters. The summed E-state index contributed by atoms with van der Waals surface area (Å²) in [7, 11) is 0. The average Bonchev–Trinajstić information content (AvgIpc) is 2.45. The van der Waals surface area contributed by atoms with Crippen LogP contribution in [-0.4, -0.2) is 16.6 Å². The Morgan fingerprint density at radius 3 is 2.40 bits per heavy atom. The summed E-state index contributed by atoms with van der Waals surface area (Å²) < 4.78 is 11.2. The number of benzene rings is 1. The third-order valence-electron chi connectivity index (χ3n) is 2.70. The minimum Gasteiger partial charge on any atom is -0.494 e. The SMILES string of the molecule is CCCc1c(Cl)ncnc1Oc1ccc(OCC)cc1. The fourth-order valence-corrected chi connectivity index (χ4v) is 2.03. The molecule has 0 N–H and O–H groups in total. The first-order valence-corrected chi connectivity index (χ1v) is 7.02. The molecule has 1 heterocycles. The molecule has 2 aromatic rings. The average molecular weight is 293 g/mol.